The van der Waals surface area contributed by atoms with Gasteiger partial charge in [-0.2, -0.15) is 0 Å². The number of nitrogens with two attached hydrogens (primary N) is 1. The minimum atomic E-state index is 0.604. The Labute approximate surface area is 109 Å². The predicted octanol–water partition coefficient (Wildman–Crippen LogP) is 4.05. The molecule has 2 aromatic carbocycles. The van der Waals surface area contributed by atoms with Gasteiger partial charge in [0.1, 0.15) is 0 Å². The van der Waals surface area contributed by atoms with Crippen molar-refractivity contribution in [1.82, 2.24) is 4.98 Å². The van der Waals surface area contributed by atoms with E-state index < -0.39 is 0 Å². The third kappa shape index (κ3) is 2.13. The Morgan fingerprint density at radius 1 is 1.00 bits per heavy atom. The minimum absolute atomic E-state index is 0.604. The average molecular weight is 252 g/mol. The molecule has 3 heteroatoms. The summed E-state index contributed by atoms with van der Waals surface area (Å²) in [6.45, 7) is 0. The molecule has 0 amide bonds. The summed E-state index contributed by atoms with van der Waals surface area (Å²) in [6.07, 6.45) is 4.07. The van der Waals surface area contributed by atoms with Crippen LogP contribution in [-0.4, -0.2) is 4.98 Å². The van der Waals surface area contributed by atoms with E-state index in [0.717, 1.165) is 5.69 Å². The lowest BCUT2D eigenvalue weighted by Gasteiger charge is -2.01. The Morgan fingerprint density at radius 2 is 1.83 bits per heavy atom. The minimum Gasteiger partial charge on any atom is -0.375 e. The van der Waals surface area contributed by atoms with E-state index in [-0.39, 0.29) is 0 Å². The maximum Gasteiger partial charge on any atom is 0.180 e. The fraction of sp³-hybridized carbons (Fsp3) is 0. The van der Waals surface area contributed by atoms with Gasteiger partial charge >= 0.3 is 0 Å². The van der Waals surface area contributed by atoms with Gasteiger partial charge in [-0.15, -0.1) is 11.3 Å². The number of anilines is 1. The molecule has 0 unspecified atom stereocenters. The van der Waals surface area contributed by atoms with Crippen LogP contribution < -0.4 is 5.73 Å². The molecule has 18 heavy (non-hydrogen) atoms. The van der Waals surface area contributed by atoms with E-state index in [9.17, 15) is 0 Å². The van der Waals surface area contributed by atoms with Crippen LogP contribution in [0.15, 0.2) is 47.8 Å². The van der Waals surface area contributed by atoms with Crippen LogP contribution in [0.3, 0.4) is 0 Å². The largest absolute Gasteiger partial charge is 0.375 e. The van der Waals surface area contributed by atoms with Crippen molar-refractivity contribution in [3.63, 3.8) is 0 Å². The zero-order valence-corrected chi connectivity index (χ0v) is 10.5. The van der Waals surface area contributed by atoms with Gasteiger partial charge in [-0.1, -0.05) is 48.5 Å². The molecule has 0 saturated carbocycles. The van der Waals surface area contributed by atoms with E-state index in [4.69, 9.17) is 5.73 Å². The van der Waals surface area contributed by atoms with Gasteiger partial charge in [-0.05, 0) is 22.4 Å². The molecule has 1 aromatic heterocycles. The van der Waals surface area contributed by atoms with Gasteiger partial charge in [0.15, 0.2) is 5.13 Å². The number of hydrogen-bond donors (Lipinski definition) is 1. The lowest BCUT2D eigenvalue weighted by atomic mass is 10.0. The van der Waals surface area contributed by atoms with Gasteiger partial charge < -0.3 is 5.73 Å². The van der Waals surface area contributed by atoms with Gasteiger partial charge in [-0.3, -0.25) is 0 Å². The van der Waals surface area contributed by atoms with E-state index in [2.05, 4.69) is 53.5 Å². The molecule has 0 aliphatic heterocycles. The number of fused-ring (bicyclic) bond motifs is 1. The molecule has 88 valence electrons. The highest BCUT2D eigenvalue weighted by atomic mass is 32.1. The van der Waals surface area contributed by atoms with Crippen molar-refractivity contribution < 1.29 is 0 Å². The van der Waals surface area contributed by atoms with Gasteiger partial charge in [-0.25, -0.2) is 4.98 Å². The molecule has 0 aliphatic carbocycles. The second kappa shape index (κ2) is 4.63. The number of aromatic nitrogens is 1. The fourth-order valence-corrected chi connectivity index (χ4v) is 2.48. The van der Waals surface area contributed by atoms with Gasteiger partial charge in [0.05, 0.1) is 5.69 Å². The van der Waals surface area contributed by atoms with E-state index in [1.807, 2.05) is 11.5 Å². The molecule has 0 radical (unpaired) electrons. The maximum atomic E-state index is 5.61. The fourth-order valence-electron chi connectivity index (χ4n) is 1.95. The molecule has 0 saturated heterocycles. The van der Waals surface area contributed by atoms with Crippen molar-refractivity contribution >= 4 is 39.4 Å². The Morgan fingerprint density at radius 3 is 2.67 bits per heavy atom. The first kappa shape index (κ1) is 11.0. The summed E-state index contributed by atoms with van der Waals surface area (Å²) in [5.41, 5.74) is 7.71. The van der Waals surface area contributed by atoms with Crippen LogP contribution in [0.2, 0.25) is 0 Å². The van der Waals surface area contributed by atoms with Crippen molar-refractivity contribution in [2.75, 3.05) is 5.73 Å². The zero-order chi connectivity index (χ0) is 12.4. The number of rotatable bonds is 2. The third-order valence-electron chi connectivity index (χ3n) is 2.80. The van der Waals surface area contributed by atoms with Crippen LogP contribution in [0.5, 0.6) is 0 Å². The van der Waals surface area contributed by atoms with Crippen LogP contribution >= 0.6 is 11.3 Å². The molecule has 0 atom stereocenters. The summed E-state index contributed by atoms with van der Waals surface area (Å²) < 4.78 is 0. The molecular weight excluding hydrogens is 240 g/mol. The lowest BCUT2D eigenvalue weighted by Crippen LogP contribution is -1.81. The Hall–Kier alpha value is -2.13. The lowest BCUT2D eigenvalue weighted by molar-refractivity contribution is 1.39. The SMILES string of the molecule is Nc1nc(C=Cc2cccc3ccccc23)cs1. The average Bonchev–Trinajstić information content (AvgIpc) is 2.82. The maximum absolute atomic E-state index is 5.61. The van der Waals surface area contributed by atoms with E-state index in [1.165, 1.54) is 27.7 Å². The van der Waals surface area contributed by atoms with Gasteiger partial charge in [0.25, 0.3) is 0 Å². The second-order valence-electron chi connectivity index (χ2n) is 4.01. The van der Waals surface area contributed by atoms with Crippen molar-refractivity contribution in [1.29, 1.82) is 0 Å². The van der Waals surface area contributed by atoms with Crippen LogP contribution in [0, 0.1) is 0 Å². The summed E-state index contributed by atoms with van der Waals surface area (Å²) in [7, 11) is 0. The monoisotopic (exact) mass is 252 g/mol. The van der Waals surface area contributed by atoms with Crippen molar-refractivity contribution in [2.45, 2.75) is 0 Å². The number of nitrogens with zero attached hydrogens (tertiary/aromatic N) is 1. The van der Waals surface area contributed by atoms with Crippen molar-refractivity contribution in [3.05, 3.63) is 59.1 Å². The van der Waals surface area contributed by atoms with Crippen LogP contribution in [-0.2, 0) is 0 Å². The summed E-state index contributed by atoms with van der Waals surface area (Å²) >= 11 is 1.46. The second-order valence-corrected chi connectivity index (χ2v) is 4.90. The van der Waals surface area contributed by atoms with Gasteiger partial charge in [0.2, 0.25) is 0 Å². The van der Waals surface area contributed by atoms with E-state index in [0.29, 0.717) is 5.13 Å². The molecule has 2 nitrogen and oxygen atoms in total. The Balaban J connectivity index is 2.02. The number of thiazole rings is 1. The molecule has 0 fully saturated rings. The Kier molecular flexibility index (Phi) is 2.82. The molecule has 0 spiro atoms. The number of benzene rings is 2. The third-order valence-corrected chi connectivity index (χ3v) is 3.49. The molecule has 0 bridgehead atoms. The van der Waals surface area contributed by atoms with Crippen LogP contribution in [0.4, 0.5) is 5.13 Å². The highest BCUT2D eigenvalue weighted by molar-refractivity contribution is 7.13. The number of hydrogen-bond acceptors (Lipinski definition) is 3. The topological polar surface area (TPSA) is 38.9 Å². The first-order valence-corrected chi connectivity index (χ1v) is 6.58. The van der Waals surface area contributed by atoms with Gasteiger partial charge in [0, 0.05) is 5.38 Å². The first-order chi connectivity index (χ1) is 8.83. The quantitative estimate of drug-likeness (QED) is 0.747. The first-order valence-electron chi connectivity index (χ1n) is 5.70. The highest BCUT2D eigenvalue weighted by Gasteiger charge is 1.97. The zero-order valence-electron chi connectivity index (χ0n) is 9.71. The van der Waals surface area contributed by atoms with Crippen molar-refractivity contribution in [3.8, 4) is 0 Å². The molecule has 3 aromatic rings. The highest BCUT2D eigenvalue weighted by Crippen LogP contribution is 2.21. The summed E-state index contributed by atoms with van der Waals surface area (Å²) in [6, 6.07) is 14.6. The molecule has 1 heterocycles. The molecule has 3 rings (SSSR count). The van der Waals surface area contributed by atoms with E-state index in [1.54, 1.807) is 0 Å². The van der Waals surface area contributed by atoms with E-state index >= 15 is 0 Å². The standard InChI is InChI=1S/C15H12N2S/c16-15-17-13(10-18-15)9-8-12-6-3-5-11-4-1-2-7-14(11)12/h1-10H,(H2,16,17). The molecule has 0 aliphatic rings. The summed E-state index contributed by atoms with van der Waals surface area (Å²) in [4.78, 5) is 4.22. The molecule has 2 N–H and O–H groups in total. The molecular formula is C15H12N2S. The summed E-state index contributed by atoms with van der Waals surface area (Å²) in [5, 5.41) is 5.06. The van der Waals surface area contributed by atoms with Crippen molar-refractivity contribution in [2.24, 2.45) is 0 Å². The summed E-state index contributed by atoms with van der Waals surface area (Å²) in [5.74, 6) is 0. The van der Waals surface area contributed by atoms with Crippen LogP contribution in [0.1, 0.15) is 11.3 Å². The smallest absolute Gasteiger partial charge is 0.180 e. The Bertz CT molecular complexity index is 708. The predicted molar refractivity (Wildman–Crippen MR) is 79.4 cm³/mol. The number of nitrogen functional groups attached to an aromatic ring is 1. The van der Waals surface area contributed by atoms with Crippen LogP contribution in [0.25, 0.3) is 22.9 Å². The normalized spacial score (nSPS) is 11.3.